The van der Waals surface area contributed by atoms with Crippen molar-refractivity contribution in [2.75, 3.05) is 0 Å². The smallest absolute Gasteiger partial charge is 0.289 e. The summed E-state index contributed by atoms with van der Waals surface area (Å²) < 4.78 is 36.1. The van der Waals surface area contributed by atoms with Gasteiger partial charge in [-0.1, -0.05) is 0 Å². The predicted molar refractivity (Wildman–Crippen MR) is 48.9 cm³/mol. The van der Waals surface area contributed by atoms with Gasteiger partial charge < -0.3 is 0 Å². The number of carbonyl (C=O) groups is 1. The van der Waals surface area contributed by atoms with Gasteiger partial charge in [-0.2, -0.15) is 13.2 Å². The molecule has 1 aliphatic rings. The molecular formula is C9H8F3NOS. The average molecular weight is 235 g/mol. The van der Waals surface area contributed by atoms with Gasteiger partial charge in [-0.05, 0) is 12.8 Å². The van der Waals surface area contributed by atoms with E-state index >= 15 is 0 Å². The number of alkyl halides is 3. The number of ketones is 1. The van der Waals surface area contributed by atoms with Gasteiger partial charge in [0.1, 0.15) is 0 Å². The number of rotatable bonds is 3. The van der Waals surface area contributed by atoms with Crippen LogP contribution in [0.15, 0.2) is 5.51 Å². The Morgan fingerprint density at radius 3 is 2.73 bits per heavy atom. The number of hydrogen-bond acceptors (Lipinski definition) is 3. The van der Waals surface area contributed by atoms with E-state index in [0.29, 0.717) is 10.6 Å². The zero-order valence-corrected chi connectivity index (χ0v) is 8.49. The van der Waals surface area contributed by atoms with Crippen molar-refractivity contribution in [3.63, 3.8) is 0 Å². The molecule has 1 fully saturated rings. The van der Waals surface area contributed by atoms with E-state index in [-0.39, 0.29) is 5.92 Å². The molecule has 2 rings (SSSR count). The van der Waals surface area contributed by atoms with Crippen LogP contribution in [-0.2, 0) is 11.2 Å². The van der Waals surface area contributed by atoms with Gasteiger partial charge in [0.05, 0.1) is 17.6 Å². The summed E-state index contributed by atoms with van der Waals surface area (Å²) in [6.45, 7) is 0. The Bertz CT molecular complexity index is 381. The lowest BCUT2D eigenvalue weighted by molar-refractivity contribution is -0.170. The Morgan fingerprint density at radius 1 is 1.53 bits per heavy atom. The number of nitrogens with zero attached hydrogens (tertiary/aromatic N) is 1. The lowest BCUT2D eigenvalue weighted by Crippen LogP contribution is -2.24. The zero-order chi connectivity index (χ0) is 11.1. The van der Waals surface area contributed by atoms with E-state index < -0.39 is 18.4 Å². The summed E-state index contributed by atoms with van der Waals surface area (Å²) >= 11 is 1.13. The number of hydrogen-bond donors (Lipinski definition) is 0. The second kappa shape index (κ2) is 3.59. The predicted octanol–water partition coefficient (Wildman–Crippen LogP) is 2.69. The van der Waals surface area contributed by atoms with E-state index in [0.717, 1.165) is 24.2 Å². The monoisotopic (exact) mass is 235 g/mol. The van der Waals surface area contributed by atoms with Gasteiger partial charge in [-0.15, -0.1) is 11.3 Å². The van der Waals surface area contributed by atoms with Crippen LogP contribution in [0, 0.1) is 0 Å². The second-order valence-corrected chi connectivity index (χ2v) is 4.47. The van der Waals surface area contributed by atoms with Crippen molar-refractivity contribution in [2.24, 2.45) is 0 Å². The molecule has 1 aromatic rings. The van der Waals surface area contributed by atoms with E-state index in [1.165, 1.54) is 5.51 Å². The molecule has 0 aliphatic heterocycles. The van der Waals surface area contributed by atoms with E-state index in [1.807, 2.05) is 0 Å². The van der Waals surface area contributed by atoms with Crippen LogP contribution in [0.4, 0.5) is 13.2 Å². The van der Waals surface area contributed by atoms with Crippen LogP contribution in [0.3, 0.4) is 0 Å². The molecule has 0 bridgehead atoms. The molecule has 0 N–H and O–H groups in total. The van der Waals surface area contributed by atoms with Crippen LogP contribution in [-0.4, -0.2) is 16.9 Å². The van der Waals surface area contributed by atoms with Gasteiger partial charge in [0.25, 0.3) is 0 Å². The molecule has 82 valence electrons. The van der Waals surface area contributed by atoms with Crippen molar-refractivity contribution < 1.29 is 18.0 Å². The summed E-state index contributed by atoms with van der Waals surface area (Å²) in [5.41, 5.74) is 2.20. The average Bonchev–Trinajstić information content (AvgIpc) is 2.86. The summed E-state index contributed by atoms with van der Waals surface area (Å²) in [4.78, 5) is 15.3. The molecule has 1 heterocycles. The molecule has 6 heteroatoms. The van der Waals surface area contributed by atoms with E-state index in [1.54, 1.807) is 0 Å². The van der Waals surface area contributed by atoms with Crippen LogP contribution in [0.2, 0.25) is 0 Å². The Morgan fingerprint density at radius 2 is 2.20 bits per heavy atom. The lowest BCUT2D eigenvalue weighted by atomic mass is 10.1. The number of carbonyl (C=O) groups excluding carboxylic acids is 1. The Labute approximate surface area is 88.1 Å². The summed E-state index contributed by atoms with van der Waals surface area (Å²) in [7, 11) is 0. The van der Waals surface area contributed by atoms with Gasteiger partial charge in [-0.25, -0.2) is 4.98 Å². The summed E-state index contributed by atoms with van der Waals surface area (Å²) in [5, 5.41) is 0. The van der Waals surface area contributed by atoms with Gasteiger partial charge >= 0.3 is 6.18 Å². The first-order valence-corrected chi connectivity index (χ1v) is 5.38. The minimum atomic E-state index is -4.73. The van der Waals surface area contributed by atoms with Gasteiger partial charge in [-0.3, -0.25) is 4.79 Å². The third-order valence-electron chi connectivity index (χ3n) is 2.27. The van der Waals surface area contributed by atoms with Crippen LogP contribution < -0.4 is 0 Å². The highest BCUT2D eigenvalue weighted by Crippen LogP contribution is 2.42. The molecule has 1 saturated carbocycles. The first-order chi connectivity index (χ1) is 6.98. The Balaban J connectivity index is 2.10. The highest BCUT2D eigenvalue weighted by atomic mass is 32.1. The van der Waals surface area contributed by atoms with Crippen LogP contribution in [0.5, 0.6) is 0 Å². The molecule has 2 nitrogen and oxygen atoms in total. The second-order valence-electron chi connectivity index (χ2n) is 3.53. The SMILES string of the molecule is O=C(Cc1scnc1C1CC1)C(F)(F)F. The van der Waals surface area contributed by atoms with E-state index in [4.69, 9.17) is 0 Å². The van der Waals surface area contributed by atoms with Gasteiger partial charge in [0, 0.05) is 10.8 Å². The lowest BCUT2D eigenvalue weighted by Gasteiger charge is -2.04. The van der Waals surface area contributed by atoms with Crippen molar-refractivity contribution in [1.82, 2.24) is 4.98 Å². The highest BCUT2D eigenvalue weighted by molar-refractivity contribution is 7.09. The van der Waals surface area contributed by atoms with Crippen molar-refractivity contribution in [3.05, 3.63) is 16.1 Å². The number of thiazole rings is 1. The molecule has 0 unspecified atom stereocenters. The van der Waals surface area contributed by atoms with E-state index in [2.05, 4.69) is 4.98 Å². The Hall–Kier alpha value is -0.910. The molecule has 0 saturated heterocycles. The third kappa shape index (κ3) is 2.37. The first-order valence-electron chi connectivity index (χ1n) is 4.50. The molecule has 0 amide bonds. The summed E-state index contributed by atoms with van der Waals surface area (Å²) in [6.07, 6.45) is -3.35. The summed E-state index contributed by atoms with van der Waals surface area (Å²) in [6, 6.07) is 0. The number of halogens is 3. The normalized spacial score (nSPS) is 16.7. The fraction of sp³-hybridized carbons (Fsp3) is 0.556. The molecule has 0 radical (unpaired) electrons. The minimum absolute atomic E-state index is 0.285. The van der Waals surface area contributed by atoms with Gasteiger partial charge in [0.15, 0.2) is 0 Å². The van der Waals surface area contributed by atoms with E-state index in [9.17, 15) is 18.0 Å². The third-order valence-corrected chi connectivity index (χ3v) is 3.12. The maximum absolute atomic E-state index is 12.0. The molecule has 0 aromatic carbocycles. The fourth-order valence-corrected chi connectivity index (χ4v) is 2.20. The molecule has 0 atom stereocenters. The highest BCUT2D eigenvalue weighted by Gasteiger charge is 2.39. The van der Waals surface area contributed by atoms with Crippen LogP contribution in [0.1, 0.15) is 29.3 Å². The quantitative estimate of drug-likeness (QED) is 0.806. The zero-order valence-electron chi connectivity index (χ0n) is 7.67. The maximum Gasteiger partial charge on any atom is 0.450 e. The van der Waals surface area contributed by atoms with Gasteiger partial charge in [0.2, 0.25) is 5.78 Å². The Kier molecular flexibility index (Phi) is 2.54. The topological polar surface area (TPSA) is 30.0 Å². The van der Waals surface area contributed by atoms with Crippen LogP contribution in [0.25, 0.3) is 0 Å². The minimum Gasteiger partial charge on any atom is -0.289 e. The van der Waals surface area contributed by atoms with Crippen molar-refractivity contribution in [3.8, 4) is 0 Å². The molecule has 1 aromatic heterocycles. The standard InChI is InChI=1S/C9H8F3NOS/c10-9(11,12)7(14)3-6-8(5-1-2-5)13-4-15-6/h4-5H,1-3H2. The fourth-order valence-electron chi connectivity index (χ4n) is 1.35. The molecule has 15 heavy (non-hydrogen) atoms. The molecular weight excluding hydrogens is 227 g/mol. The number of aromatic nitrogens is 1. The molecule has 0 spiro atoms. The summed E-state index contributed by atoms with van der Waals surface area (Å²) in [5.74, 6) is -1.40. The van der Waals surface area contributed by atoms with Crippen molar-refractivity contribution in [2.45, 2.75) is 31.4 Å². The van der Waals surface area contributed by atoms with Crippen molar-refractivity contribution in [1.29, 1.82) is 0 Å². The van der Waals surface area contributed by atoms with Crippen molar-refractivity contribution >= 4 is 17.1 Å². The largest absolute Gasteiger partial charge is 0.450 e. The van der Waals surface area contributed by atoms with Crippen LogP contribution >= 0.6 is 11.3 Å². The maximum atomic E-state index is 12.0. The molecule has 1 aliphatic carbocycles. The first kappa shape index (κ1) is 10.6. The number of Topliss-reactive ketones (excluding diaryl/α,β-unsaturated/α-hetero) is 1.